The molecule has 4 nitrogen and oxygen atoms in total. The Hall–Kier alpha value is -1.13. The predicted molar refractivity (Wildman–Crippen MR) is 60.0 cm³/mol. The van der Waals surface area contributed by atoms with Gasteiger partial charge in [0.05, 0.1) is 25.0 Å². The highest BCUT2D eigenvalue weighted by Gasteiger charge is 2.13. The molecule has 1 aromatic heterocycles. The Morgan fingerprint density at radius 3 is 3.00 bits per heavy atom. The molecule has 1 aromatic rings. The van der Waals surface area contributed by atoms with Gasteiger partial charge >= 0.3 is 0 Å². The summed E-state index contributed by atoms with van der Waals surface area (Å²) in [6.07, 6.45) is 4.90. The van der Waals surface area contributed by atoms with Gasteiger partial charge in [-0.1, -0.05) is 17.7 Å². The molecule has 0 amide bonds. The largest absolute Gasteiger partial charge is 0.480 e. The minimum absolute atomic E-state index is 0.214. The molecule has 0 aliphatic carbocycles. The van der Waals surface area contributed by atoms with E-state index < -0.39 is 0 Å². The number of hydrogen-bond donors (Lipinski definition) is 1. The van der Waals surface area contributed by atoms with E-state index in [9.17, 15) is 0 Å². The van der Waals surface area contributed by atoms with E-state index in [0.29, 0.717) is 16.7 Å². The molecule has 0 aliphatic heterocycles. The Morgan fingerprint density at radius 2 is 2.47 bits per heavy atom. The number of ether oxygens (including phenoxy) is 1. The van der Waals surface area contributed by atoms with Crippen molar-refractivity contribution in [1.82, 2.24) is 9.97 Å². The van der Waals surface area contributed by atoms with E-state index in [0.717, 1.165) is 12.8 Å². The zero-order valence-electron chi connectivity index (χ0n) is 8.61. The van der Waals surface area contributed by atoms with Crippen molar-refractivity contribution in [3.05, 3.63) is 29.7 Å². The Balaban J connectivity index is 2.80. The van der Waals surface area contributed by atoms with Gasteiger partial charge in [0.1, 0.15) is 0 Å². The summed E-state index contributed by atoms with van der Waals surface area (Å²) in [5.74, 6) is 0.389. The smallest absolute Gasteiger partial charge is 0.233 e. The van der Waals surface area contributed by atoms with Gasteiger partial charge in [0.25, 0.3) is 0 Å². The van der Waals surface area contributed by atoms with Crippen molar-refractivity contribution < 1.29 is 4.74 Å². The Morgan fingerprint density at radius 1 is 1.73 bits per heavy atom. The van der Waals surface area contributed by atoms with Gasteiger partial charge in [0.2, 0.25) is 5.88 Å². The normalized spacial score (nSPS) is 12.2. The van der Waals surface area contributed by atoms with Crippen LogP contribution >= 0.6 is 11.6 Å². The lowest BCUT2D eigenvalue weighted by Crippen LogP contribution is -2.13. The summed E-state index contributed by atoms with van der Waals surface area (Å²) in [6, 6.07) is -0.214. The van der Waals surface area contributed by atoms with Crippen LogP contribution in [0.1, 0.15) is 24.6 Å². The van der Waals surface area contributed by atoms with Gasteiger partial charge in [0.15, 0.2) is 5.15 Å². The van der Waals surface area contributed by atoms with Gasteiger partial charge in [-0.25, -0.2) is 0 Å². The predicted octanol–water partition coefficient (Wildman–Crippen LogP) is 2.10. The SMILES string of the molecule is C=CCCC(N)c1ncc(OC)nc1Cl. The molecule has 0 fully saturated rings. The van der Waals surface area contributed by atoms with E-state index in [2.05, 4.69) is 16.5 Å². The van der Waals surface area contributed by atoms with Crippen LogP contribution in [0.15, 0.2) is 18.9 Å². The van der Waals surface area contributed by atoms with E-state index in [1.807, 2.05) is 6.08 Å². The molecule has 0 aromatic carbocycles. The van der Waals surface area contributed by atoms with Gasteiger partial charge < -0.3 is 10.5 Å². The maximum Gasteiger partial charge on any atom is 0.233 e. The molecule has 15 heavy (non-hydrogen) atoms. The van der Waals surface area contributed by atoms with Crippen LogP contribution in [-0.2, 0) is 0 Å². The van der Waals surface area contributed by atoms with Crippen molar-refractivity contribution in [1.29, 1.82) is 0 Å². The van der Waals surface area contributed by atoms with Crippen LogP contribution in [0.3, 0.4) is 0 Å². The molecular formula is C10H14ClN3O. The fourth-order valence-electron chi connectivity index (χ4n) is 1.14. The van der Waals surface area contributed by atoms with Crippen LogP contribution < -0.4 is 10.5 Å². The molecular weight excluding hydrogens is 214 g/mol. The number of aromatic nitrogens is 2. The lowest BCUT2D eigenvalue weighted by Gasteiger charge is -2.11. The van der Waals surface area contributed by atoms with E-state index in [-0.39, 0.29) is 6.04 Å². The first-order chi connectivity index (χ1) is 7.19. The number of methoxy groups -OCH3 is 1. The Labute approximate surface area is 94.1 Å². The summed E-state index contributed by atoms with van der Waals surface area (Å²) >= 11 is 5.92. The third kappa shape index (κ3) is 3.18. The second-order valence-electron chi connectivity index (χ2n) is 3.06. The molecule has 1 unspecified atom stereocenters. The standard InChI is InChI=1S/C10H14ClN3O/c1-3-4-5-7(12)9-10(11)14-8(15-2)6-13-9/h3,6-7H,1,4-5,12H2,2H3. The van der Waals surface area contributed by atoms with Crippen LogP contribution in [0.25, 0.3) is 0 Å². The third-order valence-electron chi connectivity index (χ3n) is 1.98. The molecule has 0 aliphatic rings. The van der Waals surface area contributed by atoms with Gasteiger partial charge in [-0.2, -0.15) is 4.98 Å². The maximum atomic E-state index is 5.92. The van der Waals surface area contributed by atoms with Gasteiger partial charge in [-0.3, -0.25) is 4.98 Å². The average molecular weight is 228 g/mol. The number of nitrogens with two attached hydrogens (primary N) is 1. The fraction of sp³-hybridized carbons (Fsp3) is 0.400. The van der Waals surface area contributed by atoms with E-state index in [4.69, 9.17) is 22.1 Å². The molecule has 0 saturated carbocycles. The number of halogens is 1. The minimum Gasteiger partial charge on any atom is -0.480 e. The molecule has 0 bridgehead atoms. The summed E-state index contributed by atoms with van der Waals surface area (Å²) in [7, 11) is 1.51. The van der Waals surface area contributed by atoms with Crippen LogP contribution in [0.5, 0.6) is 5.88 Å². The molecule has 2 N–H and O–H groups in total. The Kier molecular flexibility index (Phi) is 4.52. The zero-order valence-corrected chi connectivity index (χ0v) is 9.37. The van der Waals surface area contributed by atoms with Crippen molar-refractivity contribution in [2.24, 2.45) is 5.73 Å². The average Bonchev–Trinajstić information content (AvgIpc) is 2.25. The minimum atomic E-state index is -0.214. The third-order valence-corrected chi connectivity index (χ3v) is 2.25. The van der Waals surface area contributed by atoms with Gasteiger partial charge in [-0.05, 0) is 12.8 Å². The summed E-state index contributed by atoms with van der Waals surface area (Å²) in [5, 5.41) is 0.297. The second kappa shape index (κ2) is 5.68. The van der Waals surface area contributed by atoms with E-state index in [1.54, 1.807) is 0 Å². The van der Waals surface area contributed by atoms with Crippen LogP contribution in [-0.4, -0.2) is 17.1 Å². The molecule has 1 rings (SSSR count). The highest BCUT2D eigenvalue weighted by molar-refractivity contribution is 6.30. The molecule has 1 atom stereocenters. The highest BCUT2D eigenvalue weighted by atomic mass is 35.5. The van der Waals surface area contributed by atoms with Gasteiger partial charge in [0, 0.05) is 0 Å². The van der Waals surface area contributed by atoms with Crippen LogP contribution in [0.2, 0.25) is 5.15 Å². The van der Waals surface area contributed by atoms with Crippen molar-refractivity contribution in [2.75, 3.05) is 7.11 Å². The molecule has 0 spiro atoms. The zero-order chi connectivity index (χ0) is 11.3. The lowest BCUT2D eigenvalue weighted by atomic mass is 10.1. The topological polar surface area (TPSA) is 61.0 Å². The molecule has 1 heterocycles. The highest BCUT2D eigenvalue weighted by Crippen LogP contribution is 2.22. The number of nitrogens with zero attached hydrogens (tertiary/aromatic N) is 2. The van der Waals surface area contributed by atoms with Crippen molar-refractivity contribution in [3.63, 3.8) is 0 Å². The molecule has 0 saturated heterocycles. The first-order valence-corrected chi connectivity index (χ1v) is 4.99. The summed E-state index contributed by atoms with van der Waals surface area (Å²) < 4.78 is 4.90. The van der Waals surface area contributed by atoms with Crippen molar-refractivity contribution in [3.8, 4) is 5.88 Å². The van der Waals surface area contributed by atoms with Gasteiger partial charge in [-0.15, -0.1) is 6.58 Å². The monoisotopic (exact) mass is 227 g/mol. The quantitative estimate of drug-likeness (QED) is 0.783. The van der Waals surface area contributed by atoms with E-state index in [1.165, 1.54) is 13.3 Å². The van der Waals surface area contributed by atoms with Crippen LogP contribution in [0.4, 0.5) is 0 Å². The number of hydrogen-bond acceptors (Lipinski definition) is 4. The molecule has 5 heteroatoms. The van der Waals surface area contributed by atoms with Crippen molar-refractivity contribution >= 4 is 11.6 Å². The number of allylic oxidation sites excluding steroid dienone is 1. The summed E-state index contributed by atoms with van der Waals surface area (Å²) in [5.41, 5.74) is 6.49. The maximum absolute atomic E-state index is 5.92. The summed E-state index contributed by atoms with van der Waals surface area (Å²) in [4.78, 5) is 8.12. The second-order valence-corrected chi connectivity index (χ2v) is 3.42. The van der Waals surface area contributed by atoms with Crippen LogP contribution in [0, 0.1) is 0 Å². The fourth-order valence-corrected chi connectivity index (χ4v) is 1.41. The van der Waals surface area contributed by atoms with E-state index >= 15 is 0 Å². The summed E-state index contributed by atoms with van der Waals surface area (Å²) in [6.45, 7) is 3.63. The molecule has 0 radical (unpaired) electrons. The number of rotatable bonds is 5. The Bertz CT molecular complexity index is 343. The van der Waals surface area contributed by atoms with Crippen molar-refractivity contribution in [2.45, 2.75) is 18.9 Å². The molecule has 82 valence electrons. The lowest BCUT2D eigenvalue weighted by molar-refractivity contribution is 0.394. The first kappa shape index (κ1) is 11.9. The first-order valence-electron chi connectivity index (χ1n) is 4.62.